The summed E-state index contributed by atoms with van der Waals surface area (Å²) in [4.78, 5) is 11.5. The fraction of sp³-hybridized carbons (Fsp3) is 0.0769. The number of nitrogens with one attached hydrogen (secondary N) is 1. The summed E-state index contributed by atoms with van der Waals surface area (Å²) in [7, 11) is 1.45. The SMILES string of the molecule is COc1cc(/C=N/NC(=O)c2ccco2)cc(Br)c1O. The zero-order valence-electron chi connectivity index (χ0n) is 10.5. The van der Waals surface area contributed by atoms with Crippen molar-refractivity contribution in [2.75, 3.05) is 7.11 Å². The highest BCUT2D eigenvalue weighted by atomic mass is 79.9. The van der Waals surface area contributed by atoms with Gasteiger partial charge in [-0.15, -0.1) is 0 Å². The molecule has 1 amide bonds. The summed E-state index contributed by atoms with van der Waals surface area (Å²) >= 11 is 3.20. The van der Waals surface area contributed by atoms with Gasteiger partial charge in [-0.3, -0.25) is 4.79 Å². The number of hydrazone groups is 1. The van der Waals surface area contributed by atoms with Gasteiger partial charge < -0.3 is 14.3 Å². The topological polar surface area (TPSA) is 84.1 Å². The highest BCUT2D eigenvalue weighted by Gasteiger charge is 2.08. The van der Waals surface area contributed by atoms with E-state index < -0.39 is 5.91 Å². The van der Waals surface area contributed by atoms with Crippen molar-refractivity contribution >= 4 is 28.1 Å². The number of nitrogens with zero attached hydrogens (tertiary/aromatic N) is 1. The van der Waals surface area contributed by atoms with E-state index in [1.807, 2.05) is 0 Å². The molecule has 0 aliphatic carbocycles. The minimum absolute atomic E-state index is 0.00395. The van der Waals surface area contributed by atoms with Crippen molar-refractivity contribution in [3.05, 3.63) is 46.3 Å². The van der Waals surface area contributed by atoms with Crippen molar-refractivity contribution in [2.24, 2.45) is 5.10 Å². The Balaban J connectivity index is 2.08. The van der Waals surface area contributed by atoms with Crippen LogP contribution in [0.4, 0.5) is 0 Å². The first-order chi connectivity index (χ1) is 9.61. The third-order valence-electron chi connectivity index (χ3n) is 2.40. The average molecular weight is 339 g/mol. The molecule has 0 aliphatic rings. The second-order valence-electron chi connectivity index (χ2n) is 3.73. The number of hydrogen-bond acceptors (Lipinski definition) is 5. The molecule has 0 spiro atoms. The molecule has 104 valence electrons. The Labute approximate surface area is 123 Å². The second-order valence-corrected chi connectivity index (χ2v) is 4.58. The fourth-order valence-corrected chi connectivity index (χ4v) is 1.91. The molecular weight excluding hydrogens is 328 g/mol. The molecular formula is C13H11BrN2O4. The van der Waals surface area contributed by atoms with E-state index in [1.54, 1.807) is 18.2 Å². The van der Waals surface area contributed by atoms with E-state index in [-0.39, 0.29) is 11.5 Å². The zero-order chi connectivity index (χ0) is 14.5. The molecule has 7 heteroatoms. The monoisotopic (exact) mass is 338 g/mol. The number of carbonyl (C=O) groups is 1. The van der Waals surface area contributed by atoms with E-state index in [2.05, 4.69) is 26.5 Å². The molecule has 0 saturated heterocycles. The molecule has 0 atom stereocenters. The lowest BCUT2D eigenvalue weighted by Crippen LogP contribution is -2.16. The van der Waals surface area contributed by atoms with E-state index in [0.717, 1.165) is 0 Å². The van der Waals surface area contributed by atoms with Crippen LogP contribution >= 0.6 is 15.9 Å². The molecule has 6 nitrogen and oxygen atoms in total. The number of halogens is 1. The van der Waals surface area contributed by atoms with E-state index in [9.17, 15) is 9.90 Å². The minimum Gasteiger partial charge on any atom is -0.503 e. The predicted octanol–water partition coefficient (Wildman–Crippen LogP) is 2.52. The average Bonchev–Trinajstić information content (AvgIpc) is 2.96. The summed E-state index contributed by atoms with van der Waals surface area (Å²) in [6, 6.07) is 6.37. The highest BCUT2D eigenvalue weighted by Crippen LogP contribution is 2.34. The van der Waals surface area contributed by atoms with Gasteiger partial charge in [0.15, 0.2) is 17.3 Å². The van der Waals surface area contributed by atoms with Crippen LogP contribution in [0.5, 0.6) is 11.5 Å². The van der Waals surface area contributed by atoms with E-state index in [4.69, 9.17) is 9.15 Å². The first-order valence-corrected chi connectivity index (χ1v) is 6.34. The summed E-state index contributed by atoms with van der Waals surface area (Å²) in [6.07, 6.45) is 2.83. The van der Waals surface area contributed by atoms with Crippen molar-refractivity contribution in [3.63, 3.8) is 0 Å². The number of rotatable bonds is 4. The van der Waals surface area contributed by atoms with Gasteiger partial charge in [0, 0.05) is 0 Å². The fourth-order valence-electron chi connectivity index (χ4n) is 1.45. The maximum atomic E-state index is 11.5. The maximum absolute atomic E-state index is 11.5. The van der Waals surface area contributed by atoms with Gasteiger partial charge in [0.25, 0.3) is 0 Å². The van der Waals surface area contributed by atoms with Gasteiger partial charge in [-0.25, -0.2) is 5.43 Å². The van der Waals surface area contributed by atoms with Crippen LogP contribution < -0.4 is 10.2 Å². The molecule has 0 saturated carbocycles. The van der Waals surface area contributed by atoms with Crippen molar-refractivity contribution < 1.29 is 19.1 Å². The van der Waals surface area contributed by atoms with Crippen LogP contribution in [0.1, 0.15) is 16.1 Å². The molecule has 2 N–H and O–H groups in total. The Morgan fingerprint density at radius 2 is 2.35 bits per heavy atom. The van der Waals surface area contributed by atoms with E-state index in [0.29, 0.717) is 15.8 Å². The highest BCUT2D eigenvalue weighted by molar-refractivity contribution is 9.10. The van der Waals surface area contributed by atoms with Gasteiger partial charge in [-0.05, 0) is 45.8 Å². The Morgan fingerprint density at radius 3 is 3.00 bits per heavy atom. The van der Waals surface area contributed by atoms with Crippen LogP contribution in [0.15, 0.2) is 44.5 Å². The summed E-state index contributed by atoms with van der Waals surface area (Å²) in [5.74, 6) is 0.0325. The molecule has 0 radical (unpaired) electrons. The van der Waals surface area contributed by atoms with Gasteiger partial charge in [0.05, 0.1) is 24.1 Å². The number of furan rings is 1. The van der Waals surface area contributed by atoms with Gasteiger partial charge >= 0.3 is 5.91 Å². The lowest BCUT2D eigenvalue weighted by Gasteiger charge is -2.06. The lowest BCUT2D eigenvalue weighted by molar-refractivity contribution is 0.0927. The number of phenols is 1. The first-order valence-electron chi connectivity index (χ1n) is 5.55. The van der Waals surface area contributed by atoms with Crippen LogP contribution in [0.25, 0.3) is 0 Å². The summed E-state index contributed by atoms with van der Waals surface area (Å²) in [5, 5.41) is 13.5. The number of ether oxygens (including phenoxy) is 1. The van der Waals surface area contributed by atoms with E-state index >= 15 is 0 Å². The van der Waals surface area contributed by atoms with Crippen molar-refractivity contribution in [3.8, 4) is 11.5 Å². The number of hydrogen-bond donors (Lipinski definition) is 2. The number of benzene rings is 1. The van der Waals surface area contributed by atoms with Crippen molar-refractivity contribution in [1.82, 2.24) is 5.43 Å². The molecule has 2 aromatic rings. The molecule has 20 heavy (non-hydrogen) atoms. The first kappa shape index (κ1) is 14.1. The predicted molar refractivity (Wildman–Crippen MR) is 76.1 cm³/mol. The van der Waals surface area contributed by atoms with Crippen LogP contribution in [0.2, 0.25) is 0 Å². The molecule has 0 unspecified atom stereocenters. The number of carbonyl (C=O) groups excluding carboxylic acids is 1. The molecule has 2 rings (SSSR count). The molecule has 1 heterocycles. The largest absolute Gasteiger partial charge is 0.503 e. The third kappa shape index (κ3) is 3.18. The van der Waals surface area contributed by atoms with Gasteiger partial charge in [-0.1, -0.05) is 0 Å². The van der Waals surface area contributed by atoms with Gasteiger partial charge in [0.1, 0.15) is 0 Å². The third-order valence-corrected chi connectivity index (χ3v) is 3.00. The maximum Gasteiger partial charge on any atom is 0.307 e. The molecule has 0 fully saturated rings. The molecule has 0 aliphatic heterocycles. The smallest absolute Gasteiger partial charge is 0.307 e. The van der Waals surface area contributed by atoms with Crippen LogP contribution in [0.3, 0.4) is 0 Å². The van der Waals surface area contributed by atoms with E-state index in [1.165, 1.54) is 25.7 Å². The second kappa shape index (κ2) is 6.25. The Kier molecular flexibility index (Phi) is 4.41. The standard InChI is InChI=1S/C13H11BrN2O4/c1-19-11-6-8(5-9(14)12(11)17)7-15-16-13(18)10-3-2-4-20-10/h2-7,17H,1H3,(H,16,18)/b15-7+. The van der Waals surface area contributed by atoms with Crippen LogP contribution in [-0.4, -0.2) is 24.3 Å². The number of aromatic hydroxyl groups is 1. The zero-order valence-corrected chi connectivity index (χ0v) is 12.0. The van der Waals surface area contributed by atoms with Crippen molar-refractivity contribution in [1.29, 1.82) is 0 Å². The quantitative estimate of drug-likeness (QED) is 0.662. The van der Waals surface area contributed by atoms with Gasteiger partial charge in [-0.2, -0.15) is 5.10 Å². The summed E-state index contributed by atoms with van der Waals surface area (Å²) < 4.78 is 10.4. The Bertz CT molecular complexity index is 638. The summed E-state index contributed by atoms with van der Waals surface area (Å²) in [5.41, 5.74) is 2.97. The Morgan fingerprint density at radius 1 is 1.55 bits per heavy atom. The summed E-state index contributed by atoms with van der Waals surface area (Å²) in [6.45, 7) is 0. The number of methoxy groups -OCH3 is 1. The molecule has 1 aromatic heterocycles. The Hall–Kier alpha value is -2.28. The normalized spacial score (nSPS) is 10.7. The minimum atomic E-state index is -0.448. The molecule has 1 aromatic carbocycles. The van der Waals surface area contributed by atoms with Gasteiger partial charge in [0.2, 0.25) is 0 Å². The van der Waals surface area contributed by atoms with Crippen molar-refractivity contribution in [2.45, 2.75) is 0 Å². The van der Waals surface area contributed by atoms with Crippen LogP contribution in [-0.2, 0) is 0 Å². The lowest BCUT2D eigenvalue weighted by atomic mass is 10.2. The molecule has 0 bridgehead atoms. The number of amides is 1. The number of phenolic OH excluding ortho intramolecular Hbond substituents is 1. The van der Waals surface area contributed by atoms with Crippen LogP contribution in [0, 0.1) is 0 Å².